The molecule has 0 fully saturated rings. The minimum Gasteiger partial charge on any atom is -1.00 e. The Hall–Kier alpha value is -1.68. The molecule has 1 radical (unpaired) electrons. The van der Waals surface area contributed by atoms with Crippen molar-refractivity contribution in [2.75, 3.05) is 56.4 Å². The van der Waals surface area contributed by atoms with Crippen molar-refractivity contribution in [2.45, 2.75) is 13.1 Å². The monoisotopic (exact) mass is 633 g/mol. The molecule has 0 saturated carbocycles. The number of rotatable bonds is 4. The third kappa shape index (κ3) is 15.0. The van der Waals surface area contributed by atoms with E-state index in [1.807, 2.05) is 112 Å². The van der Waals surface area contributed by atoms with E-state index in [4.69, 9.17) is 0 Å². The van der Waals surface area contributed by atoms with Crippen LogP contribution in [0.15, 0.2) is 58.8 Å². The van der Waals surface area contributed by atoms with Crippen LogP contribution in [0.1, 0.15) is 11.4 Å². The Morgan fingerprint density at radius 2 is 0.909 bits per heavy atom. The van der Waals surface area contributed by atoms with Crippen LogP contribution >= 0.6 is 0 Å². The Balaban J connectivity index is -0.000000500. The minimum atomic E-state index is 0. The van der Waals surface area contributed by atoms with Gasteiger partial charge >= 0.3 is 17.1 Å². The first-order valence-electron chi connectivity index (χ1n) is 9.80. The van der Waals surface area contributed by atoms with Gasteiger partial charge in [0.15, 0.2) is 11.9 Å². The molecule has 0 aliphatic heterocycles. The van der Waals surface area contributed by atoms with Crippen LogP contribution in [-0.2, 0) is 30.2 Å². The fourth-order valence-corrected chi connectivity index (χ4v) is 2.65. The van der Waals surface area contributed by atoms with Crippen LogP contribution in [0.5, 0.6) is 0 Å². The first kappa shape index (κ1) is 35.9. The number of nitrogens with zero attached hydrogens (tertiary/aromatic N) is 8. The second-order valence-corrected chi connectivity index (χ2v) is 7.45. The molecule has 0 atom stereocenters. The summed E-state index contributed by atoms with van der Waals surface area (Å²) in [6, 6.07) is 11.7. The van der Waals surface area contributed by atoms with Gasteiger partial charge in [0.2, 0.25) is 0 Å². The van der Waals surface area contributed by atoms with Crippen LogP contribution < -0.4 is 34.0 Å². The maximum atomic E-state index is 4.50. The standard InChI is InChI=1S/2C11H18N4.2BrH.Cu/c2*1-14(2)11(15(3)4)13-9-10-7-5-6-8-12-10;;;/h2*5-8H,9H2,1-4H3;2*1H;/q;;;;+2/p-2. The molecular formula is C22H36Br2CuN8. The molecule has 0 saturated heterocycles. The molecule has 0 aromatic carbocycles. The SMILES string of the molecule is CN(C)C(=NCc1ccccn1)N(C)C.CN(C)C(=NCc1ccccn1)N(C)C.[Br-].[Br-].[Cu+2]. The van der Waals surface area contributed by atoms with Crippen molar-refractivity contribution in [3.8, 4) is 0 Å². The van der Waals surface area contributed by atoms with Gasteiger partial charge in [0.05, 0.1) is 24.5 Å². The molecule has 2 aromatic rings. The van der Waals surface area contributed by atoms with Gasteiger partial charge in [-0.25, -0.2) is 9.98 Å². The zero-order valence-electron chi connectivity index (χ0n) is 20.7. The zero-order chi connectivity index (χ0) is 22.5. The van der Waals surface area contributed by atoms with E-state index >= 15 is 0 Å². The van der Waals surface area contributed by atoms with E-state index in [0.29, 0.717) is 13.1 Å². The van der Waals surface area contributed by atoms with E-state index in [1.54, 1.807) is 12.4 Å². The fraction of sp³-hybridized carbons (Fsp3) is 0.455. The smallest absolute Gasteiger partial charge is 1.00 e. The van der Waals surface area contributed by atoms with Crippen molar-refractivity contribution in [3.05, 3.63) is 60.2 Å². The molecule has 0 aliphatic rings. The van der Waals surface area contributed by atoms with E-state index in [2.05, 4.69) is 20.0 Å². The summed E-state index contributed by atoms with van der Waals surface area (Å²) in [5, 5.41) is 0. The minimum absolute atomic E-state index is 0. The first-order valence-corrected chi connectivity index (χ1v) is 9.80. The number of hydrogen-bond donors (Lipinski definition) is 0. The van der Waals surface area contributed by atoms with E-state index in [-0.39, 0.29) is 51.0 Å². The van der Waals surface area contributed by atoms with Gasteiger partial charge in [-0.05, 0) is 24.3 Å². The number of aliphatic imine (C=N–C) groups is 2. The third-order valence-corrected chi connectivity index (χ3v) is 3.82. The van der Waals surface area contributed by atoms with Crippen molar-refractivity contribution < 1.29 is 51.0 Å². The summed E-state index contributed by atoms with van der Waals surface area (Å²) in [6.45, 7) is 1.24. The second kappa shape index (κ2) is 19.8. The normalized spacial score (nSPS) is 8.73. The van der Waals surface area contributed by atoms with Crippen LogP contribution in [0, 0.1) is 0 Å². The van der Waals surface area contributed by atoms with Crippen LogP contribution in [0.25, 0.3) is 0 Å². The molecule has 2 heterocycles. The molecular weight excluding hydrogens is 600 g/mol. The van der Waals surface area contributed by atoms with E-state index in [1.165, 1.54) is 0 Å². The summed E-state index contributed by atoms with van der Waals surface area (Å²) in [5.74, 6) is 1.89. The summed E-state index contributed by atoms with van der Waals surface area (Å²) in [7, 11) is 15.9. The Kier molecular flexibility index (Phi) is 21.5. The summed E-state index contributed by atoms with van der Waals surface area (Å²) >= 11 is 0. The Morgan fingerprint density at radius 1 is 0.606 bits per heavy atom. The number of guanidine groups is 2. The van der Waals surface area contributed by atoms with Crippen LogP contribution in [0.4, 0.5) is 0 Å². The molecule has 8 nitrogen and oxygen atoms in total. The van der Waals surface area contributed by atoms with Crippen molar-refractivity contribution >= 4 is 11.9 Å². The molecule has 11 heteroatoms. The number of pyridine rings is 2. The van der Waals surface area contributed by atoms with Crippen molar-refractivity contribution in [1.29, 1.82) is 0 Å². The zero-order valence-corrected chi connectivity index (χ0v) is 24.8. The van der Waals surface area contributed by atoms with Gasteiger partial charge in [-0.1, -0.05) is 12.1 Å². The molecule has 0 amide bonds. The van der Waals surface area contributed by atoms with Gasteiger partial charge in [-0.2, -0.15) is 0 Å². The molecule has 33 heavy (non-hydrogen) atoms. The largest absolute Gasteiger partial charge is 2.00 e. The molecule has 189 valence electrons. The molecule has 0 unspecified atom stereocenters. The molecule has 0 spiro atoms. The summed E-state index contributed by atoms with van der Waals surface area (Å²) < 4.78 is 0. The summed E-state index contributed by atoms with van der Waals surface area (Å²) in [4.78, 5) is 25.4. The topological polar surface area (TPSA) is 63.5 Å². The van der Waals surface area contributed by atoms with E-state index < -0.39 is 0 Å². The van der Waals surface area contributed by atoms with Crippen molar-refractivity contribution in [3.63, 3.8) is 0 Å². The Bertz CT molecular complexity index is 698. The maximum Gasteiger partial charge on any atom is 2.00 e. The van der Waals surface area contributed by atoms with Gasteiger partial charge < -0.3 is 53.6 Å². The fourth-order valence-electron chi connectivity index (χ4n) is 2.65. The molecule has 0 N–H and O–H groups in total. The van der Waals surface area contributed by atoms with Gasteiger partial charge in [0, 0.05) is 68.8 Å². The predicted molar refractivity (Wildman–Crippen MR) is 126 cm³/mol. The summed E-state index contributed by atoms with van der Waals surface area (Å²) in [6.07, 6.45) is 3.58. The molecule has 0 aliphatic carbocycles. The van der Waals surface area contributed by atoms with Gasteiger partial charge in [0.1, 0.15) is 0 Å². The van der Waals surface area contributed by atoms with Crippen molar-refractivity contribution in [2.24, 2.45) is 9.98 Å². The number of aromatic nitrogens is 2. The second-order valence-electron chi connectivity index (χ2n) is 7.45. The van der Waals surface area contributed by atoms with Gasteiger partial charge in [-0.3, -0.25) is 9.97 Å². The molecule has 0 bridgehead atoms. The van der Waals surface area contributed by atoms with Gasteiger partial charge in [0.25, 0.3) is 0 Å². The van der Waals surface area contributed by atoms with Gasteiger partial charge in [-0.15, -0.1) is 0 Å². The quantitative estimate of drug-likeness (QED) is 0.195. The van der Waals surface area contributed by atoms with Crippen LogP contribution in [0.3, 0.4) is 0 Å². The van der Waals surface area contributed by atoms with Crippen LogP contribution in [-0.4, -0.2) is 97.9 Å². The average molecular weight is 636 g/mol. The molecule has 2 aromatic heterocycles. The summed E-state index contributed by atoms with van der Waals surface area (Å²) in [5.41, 5.74) is 1.97. The van der Waals surface area contributed by atoms with Crippen molar-refractivity contribution in [1.82, 2.24) is 29.6 Å². The third-order valence-electron chi connectivity index (χ3n) is 3.82. The first-order chi connectivity index (χ1) is 14.2. The predicted octanol–water partition coefficient (Wildman–Crippen LogP) is -3.87. The Labute approximate surface area is 231 Å². The Morgan fingerprint density at radius 3 is 1.12 bits per heavy atom. The average Bonchev–Trinajstić information content (AvgIpc) is 2.69. The number of hydrogen-bond acceptors (Lipinski definition) is 4. The number of halogens is 2. The van der Waals surface area contributed by atoms with E-state index in [0.717, 1.165) is 23.3 Å². The van der Waals surface area contributed by atoms with Crippen LogP contribution in [0.2, 0.25) is 0 Å². The van der Waals surface area contributed by atoms with E-state index in [9.17, 15) is 0 Å². The maximum absolute atomic E-state index is 4.50. The molecule has 2 rings (SSSR count).